The summed E-state index contributed by atoms with van der Waals surface area (Å²) in [6, 6.07) is 18.2. The van der Waals surface area contributed by atoms with Crippen molar-refractivity contribution in [3.63, 3.8) is 0 Å². The van der Waals surface area contributed by atoms with E-state index in [9.17, 15) is 14.4 Å². The molecular formula is C26H24N4O4S. The van der Waals surface area contributed by atoms with Crippen LogP contribution in [0.5, 0.6) is 0 Å². The zero-order valence-corrected chi connectivity index (χ0v) is 20.0. The lowest BCUT2D eigenvalue weighted by Crippen LogP contribution is -2.51. The monoisotopic (exact) mass is 488 g/mol. The summed E-state index contributed by atoms with van der Waals surface area (Å²) in [5.74, 6) is 0.219. The van der Waals surface area contributed by atoms with Gasteiger partial charge in [-0.3, -0.25) is 19.0 Å². The van der Waals surface area contributed by atoms with Crippen LogP contribution in [0.2, 0.25) is 0 Å². The number of carbonyl (C=O) groups excluding carboxylic acids is 2. The number of thioether (sulfide) groups is 1. The first-order valence-electron chi connectivity index (χ1n) is 11.3. The van der Waals surface area contributed by atoms with Gasteiger partial charge in [0.15, 0.2) is 10.9 Å². The second-order valence-electron chi connectivity index (χ2n) is 8.33. The van der Waals surface area contributed by atoms with E-state index in [0.29, 0.717) is 53.7 Å². The minimum Gasteiger partial charge on any atom is -0.459 e. The van der Waals surface area contributed by atoms with Crippen LogP contribution in [0, 0.1) is 6.92 Å². The van der Waals surface area contributed by atoms with Crippen molar-refractivity contribution in [1.29, 1.82) is 0 Å². The molecule has 0 N–H and O–H groups in total. The van der Waals surface area contributed by atoms with E-state index >= 15 is 0 Å². The number of nitrogens with zero attached hydrogens (tertiary/aromatic N) is 4. The highest BCUT2D eigenvalue weighted by Crippen LogP contribution is 2.22. The van der Waals surface area contributed by atoms with E-state index in [1.807, 2.05) is 43.3 Å². The molecule has 0 radical (unpaired) electrons. The molecule has 0 bridgehead atoms. The molecule has 1 fully saturated rings. The third kappa shape index (κ3) is 4.72. The van der Waals surface area contributed by atoms with E-state index in [1.54, 1.807) is 38.6 Å². The number of furan rings is 1. The molecule has 0 unspecified atom stereocenters. The van der Waals surface area contributed by atoms with E-state index in [-0.39, 0.29) is 23.1 Å². The Bertz CT molecular complexity index is 1420. The van der Waals surface area contributed by atoms with Crippen molar-refractivity contribution in [3.05, 3.63) is 88.6 Å². The van der Waals surface area contributed by atoms with Crippen LogP contribution in [0.4, 0.5) is 0 Å². The normalized spacial score (nSPS) is 13.9. The molecule has 0 aliphatic carbocycles. The summed E-state index contributed by atoms with van der Waals surface area (Å²) in [5, 5.41) is 0.999. The Balaban J connectivity index is 1.32. The third-order valence-electron chi connectivity index (χ3n) is 6.01. The summed E-state index contributed by atoms with van der Waals surface area (Å²) < 4.78 is 6.76. The molecule has 0 spiro atoms. The number of hydrogen-bond donors (Lipinski definition) is 0. The highest BCUT2D eigenvalue weighted by molar-refractivity contribution is 7.99. The van der Waals surface area contributed by atoms with Gasteiger partial charge in [0.05, 0.1) is 28.6 Å². The van der Waals surface area contributed by atoms with Crippen LogP contribution in [0.1, 0.15) is 16.1 Å². The van der Waals surface area contributed by atoms with Crippen LogP contribution in [-0.4, -0.2) is 63.1 Å². The molecule has 5 rings (SSSR count). The molecule has 2 aromatic heterocycles. The zero-order valence-electron chi connectivity index (χ0n) is 19.2. The van der Waals surface area contributed by atoms with Gasteiger partial charge in [0.25, 0.3) is 11.5 Å². The molecule has 35 heavy (non-hydrogen) atoms. The number of aromatic nitrogens is 2. The van der Waals surface area contributed by atoms with Crippen molar-refractivity contribution in [2.75, 3.05) is 31.9 Å². The molecule has 1 aliphatic rings. The number of para-hydroxylation sites is 1. The highest BCUT2D eigenvalue weighted by atomic mass is 32.2. The number of rotatable bonds is 5. The molecule has 1 aliphatic heterocycles. The Labute approximate surface area is 206 Å². The van der Waals surface area contributed by atoms with Crippen molar-refractivity contribution < 1.29 is 14.0 Å². The Hall–Kier alpha value is -3.85. The van der Waals surface area contributed by atoms with E-state index in [0.717, 1.165) is 5.56 Å². The molecule has 0 atom stereocenters. The summed E-state index contributed by atoms with van der Waals surface area (Å²) in [5.41, 5.74) is 2.23. The maximum absolute atomic E-state index is 13.3. The van der Waals surface area contributed by atoms with Crippen LogP contribution in [0.15, 0.2) is 81.3 Å². The van der Waals surface area contributed by atoms with Gasteiger partial charge in [-0.2, -0.15) is 0 Å². The molecule has 9 heteroatoms. The second-order valence-corrected chi connectivity index (χ2v) is 9.27. The number of carbonyl (C=O) groups is 2. The van der Waals surface area contributed by atoms with Gasteiger partial charge in [0, 0.05) is 26.2 Å². The lowest BCUT2D eigenvalue weighted by Gasteiger charge is -2.34. The maximum atomic E-state index is 13.3. The zero-order chi connectivity index (χ0) is 24.4. The van der Waals surface area contributed by atoms with Gasteiger partial charge in [0.1, 0.15) is 0 Å². The minimum absolute atomic E-state index is 0.0574. The van der Waals surface area contributed by atoms with Gasteiger partial charge >= 0.3 is 0 Å². The van der Waals surface area contributed by atoms with Gasteiger partial charge < -0.3 is 14.2 Å². The predicted octanol–water partition coefficient (Wildman–Crippen LogP) is 3.36. The topological polar surface area (TPSA) is 88.7 Å². The van der Waals surface area contributed by atoms with E-state index in [4.69, 9.17) is 9.40 Å². The standard InChI is InChI=1S/C26H24N4O4S/c1-18-8-10-19(11-9-18)30-24(32)20-5-2-3-6-21(20)27-26(30)35-17-23(31)28-12-14-29(15-13-28)25(33)22-7-4-16-34-22/h2-11,16H,12-15,17H2,1H3. The second kappa shape index (κ2) is 9.79. The van der Waals surface area contributed by atoms with Crippen LogP contribution >= 0.6 is 11.8 Å². The van der Waals surface area contributed by atoms with Crippen molar-refractivity contribution >= 4 is 34.5 Å². The number of fused-ring (bicyclic) bond motifs is 1. The Morgan fingerprint density at radius 3 is 2.37 bits per heavy atom. The lowest BCUT2D eigenvalue weighted by atomic mass is 10.2. The summed E-state index contributed by atoms with van der Waals surface area (Å²) in [4.78, 5) is 46.9. The van der Waals surface area contributed by atoms with E-state index in [1.165, 1.54) is 18.0 Å². The maximum Gasteiger partial charge on any atom is 0.289 e. The van der Waals surface area contributed by atoms with Gasteiger partial charge in [-0.25, -0.2) is 4.98 Å². The molecule has 0 saturated carbocycles. The van der Waals surface area contributed by atoms with Gasteiger partial charge in [0.2, 0.25) is 5.91 Å². The summed E-state index contributed by atoms with van der Waals surface area (Å²) >= 11 is 1.25. The first-order valence-corrected chi connectivity index (χ1v) is 12.3. The number of benzene rings is 2. The Kier molecular flexibility index (Phi) is 6.41. The number of amides is 2. The molecule has 178 valence electrons. The van der Waals surface area contributed by atoms with Crippen molar-refractivity contribution in [3.8, 4) is 5.69 Å². The predicted molar refractivity (Wildman–Crippen MR) is 134 cm³/mol. The van der Waals surface area contributed by atoms with Gasteiger partial charge in [-0.05, 0) is 43.3 Å². The number of aryl methyl sites for hydroxylation is 1. The van der Waals surface area contributed by atoms with Gasteiger partial charge in [-0.15, -0.1) is 0 Å². The SMILES string of the molecule is Cc1ccc(-n2c(SCC(=O)N3CCN(C(=O)c4ccco4)CC3)nc3ccccc3c2=O)cc1. The smallest absolute Gasteiger partial charge is 0.289 e. The van der Waals surface area contributed by atoms with Crippen LogP contribution in [-0.2, 0) is 4.79 Å². The average molecular weight is 489 g/mol. The molecule has 2 aromatic carbocycles. The van der Waals surface area contributed by atoms with Crippen molar-refractivity contribution in [2.45, 2.75) is 12.1 Å². The fraction of sp³-hybridized carbons (Fsp3) is 0.231. The highest BCUT2D eigenvalue weighted by Gasteiger charge is 2.26. The van der Waals surface area contributed by atoms with E-state index in [2.05, 4.69) is 0 Å². The summed E-state index contributed by atoms with van der Waals surface area (Å²) in [7, 11) is 0. The number of piperazine rings is 1. The molecule has 1 saturated heterocycles. The van der Waals surface area contributed by atoms with Crippen LogP contribution in [0.3, 0.4) is 0 Å². The molecule has 3 heterocycles. The molecule has 2 amide bonds. The largest absolute Gasteiger partial charge is 0.459 e. The first-order chi connectivity index (χ1) is 17.0. The van der Waals surface area contributed by atoms with Crippen LogP contribution < -0.4 is 5.56 Å². The van der Waals surface area contributed by atoms with E-state index < -0.39 is 0 Å². The molecular weight excluding hydrogens is 464 g/mol. The Morgan fingerprint density at radius 1 is 0.943 bits per heavy atom. The fourth-order valence-corrected chi connectivity index (χ4v) is 4.98. The quantitative estimate of drug-likeness (QED) is 0.316. The molecule has 8 nitrogen and oxygen atoms in total. The number of hydrogen-bond acceptors (Lipinski definition) is 6. The third-order valence-corrected chi connectivity index (χ3v) is 6.94. The fourth-order valence-electron chi connectivity index (χ4n) is 4.06. The average Bonchev–Trinajstić information content (AvgIpc) is 3.43. The van der Waals surface area contributed by atoms with Crippen molar-refractivity contribution in [1.82, 2.24) is 19.4 Å². The first kappa shape index (κ1) is 22.9. The van der Waals surface area contributed by atoms with Crippen LogP contribution in [0.25, 0.3) is 16.6 Å². The minimum atomic E-state index is -0.168. The Morgan fingerprint density at radius 2 is 1.66 bits per heavy atom. The summed E-state index contributed by atoms with van der Waals surface area (Å²) in [6.45, 7) is 3.77. The lowest BCUT2D eigenvalue weighted by molar-refractivity contribution is -0.129. The molecule has 4 aromatic rings. The van der Waals surface area contributed by atoms with Crippen molar-refractivity contribution in [2.24, 2.45) is 0 Å². The van der Waals surface area contributed by atoms with Gasteiger partial charge in [-0.1, -0.05) is 41.6 Å². The summed E-state index contributed by atoms with van der Waals surface area (Å²) in [6.07, 6.45) is 1.47.